The molecule has 0 aliphatic carbocycles. The number of likely N-dealkylation sites (tertiary alicyclic amines) is 2. The maximum Gasteiger partial charge on any atom is 0.408 e. The summed E-state index contributed by atoms with van der Waals surface area (Å²) >= 11 is 1.48. The highest BCUT2D eigenvalue weighted by atomic mass is 32.1. The highest BCUT2D eigenvalue weighted by Crippen LogP contribution is 2.34. The molecule has 2 saturated heterocycles. The summed E-state index contributed by atoms with van der Waals surface area (Å²) in [6.45, 7) is 9.73. The van der Waals surface area contributed by atoms with E-state index in [0.29, 0.717) is 42.5 Å². The number of methoxy groups -OCH3 is 1. The van der Waals surface area contributed by atoms with Gasteiger partial charge in [0.2, 0.25) is 17.7 Å². The average molecular weight is 762 g/mol. The second-order valence-corrected chi connectivity index (χ2v) is 15.8. The zero-order valence-corrected chi connectivity index (χ0v) is 32.1. The molecule has 2 fully saturated rings. The van der Waals surface area contributed by atoms with E-state index < -0.39 is 29.9 Å². The van der Waals surface area contributed by atoms with Crippen LogP contribution >= 0.6 is 11.3 Å². The van der Waals surface area contributed by atoms with Gasteiger partial charge in [0, 0.05) is 19.3 Å². The number of ether oxygens (including phenoxy) is 2. The second-order valence-electron chi connectivity index (χ2n) is 14.8. The van der Waals surface area contributed by atoms with Crippen molar-refractivity contribution in [1.82, 2.24) is 39.8 Å². The third-order valence-corrected chi connectivity index (χ3v) is 10.4. The van der Waals surface area contributed by atoms with Gasteiger partial charge in [-0.1, -0.05) is 49.4 Å². The van der Waals surface area contributed by atoms with Crippen LogP contribution in [0.2, 0.25) is 0 Å². The van der Waals surface area contributed by atoms with Crippen molar-refractivity contribution in [2.75, 3.05) is 32.1 Å². The van der Waals surface area contributed by atoms with E-state index in [-0.39, 0.29) is 36.2 Å². The number of aromatic amines is 1. The maximum absolute atomic E-state index is 13.5. The lowest BCUT2D eigenvalue weighted by molar-refractivity contribution is -0.136. The SMILES string of the molecule is COC(=O)N[C@H](C(=O)N1CCC[C@H]1c1ncc(-c2ccc(-c3cn4cc(NC(=O)C5CCCN5C(=O)CNC(=O)OC(C)(C)C)nc4s3)cc2)[nH]1)C(C)C. The Morgan fingerprint density at radius 3 is 2.37 bits per heavy atom. The molecular formula is C37H47N9O7S. The smallest absolute Gasteiger partial charge is 0.408 e. The molecule has 6 rings (SSSR count). The molecule has 3 aromatic heterocycles. The Labute approximate surface area is 317 Å². The van der Waals surface area contributed by atoms with Crippen LogP contribution < -0.4 is 16.0 Å². The molecule has 2 aliphatic rings. The molecular weight excluding hydrogens is 715 g/mol. The number of rotatable bonds is 10. The number of alkyl carbamates (subject to hydrolysis) is 2. The highest BCUT2D eigenvalue weighted by molar-refractivity contribution is 7.20. The summed E-state index contributed by atoms with van der Waals surface area (Å²) in [6.07, 6.45) is 6.92. The highest BCUT2D eigenvalue weighted by Gasteiger charge is 2.38. The van der Waals surface area contributed by atoms with Gasteiger partial charge in [-0.3, -0.25) is 18.8 Å². The van der Waals surface area contributed by atoms with Crippen LogP contribution in [0.25, 0.3) is 26.7 Å². The van der Waals surface area contributed by atoms with E-state index in [1.165, 1.54) is 23.3 Å². The number of imidazole rings is 2. The van der Waals surface area contributed by atoms with Gasteiger partial charge in [0.05, 0.1) is 36.1 Å². The summed E-state index contributed by atoms with van der Waals surface area (Å²) in [5.41, 5.74) is 2.07. The molecule has 3 atom stereocenters. The molecule has 5 amide bonds. The summed E-state index contributed by atoms with van der Waals surface area (Å²) in [4.78, 5) is 81.1. The van der Waals surface area contributed by atoms with Crippen molar-refractivity contribution in [1.29, 1.82) is 0 Å². The molecule has 1 unspecified atom stereocenters. The minimum Gasteiger partial charge on any atom is -0.453 e. The Morgan fingerprint density at radius 2 is 1.69 bits per heavy atom. The van der Waals surface area contributed by atoms with E-state index in [4.69, 9.17) is 9.47 Å². The topological polar surface area (TPSA) is 192 Å². The minimum atomic E-state index is -0.701. The molecule has 0 bridgehead atoms. The number of thiazole rings is 1. The number of hydrogen-bond acceptors (Lipinski definition) is 10. The van der Waals surface area contributed by atoms with Crippen LogP contribution in [-0.4, -0.2) is 103 Å². The number of carbonyl (C=O) groups is 5. The van der Waals surface area contributed by atoms with Gasteiger partial charge >= 0.3 is 12.2 Å². The van der Waals surface area contributed by atoms with E-state index in [1.807, 2.05) is 48.7 Å². The normalized spacial score (nSPS) is 17.8. The third-order valence-electron chi connectivity index (χ3n) is 9.38. The van der Waals surface area contributed by atoms with Crippen LogP contribution in [0.3, 0.4) is 0 Å². The van der Waals surface area contributed by atoms with Crippen molar-refractivity contribution >= 4 is 52.0 Å². The van der Waals surface area contributed by atoms with Gasteiger partial charge in [0.15, 0.2) is 10.8 Å². The quantitative estimate of drug-likeness (QED) is 0.173. The van der Waals surface area contributed by atoms with E-state index >= 15 is 0 Å². The number of anilines is 1. The first kappa shape index (κ1) is 38.3. The van der Waals surface area contributed by atoms with Crippen LogP contribution in [0.15, 0.2) is 42.9 Å². The third kappa shape index (κ3) is 8.67. The predicted molar refractivity (Wildman–Crippen MR) is 202 cm³/mol. The van der Waals surface area contributed by atoms with Crippen LogP contribution in [0.5, 0.6) is 0 Å². The second kappa shape index (κ2) is 15.9. The summed E-state index contributed by atoms with van der Waals surface area (Å²) < 4.78 is 11.8. The van der Waals surface area contributed by atoms with Crippen LogP contribution in [0.4, 0.5) is 15.4 Å². The van der Waals surface area contributed by atoms with Gasteiger partial charge in [0.1, 0.15) is 30.1 Å². The molecule has 17 heteroatoms. The number of nitrogens with one attached hydrogen (secondary N) is 4. The molecule has 4 aromatic rings. The molecule has 54 heavy (non-hydrogen) atoms. The number of nitrogens with zero attached hydrogens (tertiary/aromatic N) is 5. The van der Waals surface area contributed by atoms with Crippen LogP contribution in [0, 0.1) is 5.92 Å². The first-order valence-corrected chi connectivity index (χ1v) is 18.9. The number of carbonyl (C=O) groups excluding carboxylic acids is 5. The molecule has 4 N–H and O–H groups in total. The molecule has 16 nitrogen and oxygen atoms in total. The lowest BCUT2D eigenvalue weighted by Crippen LogP contribution is -2.51. The van der Waals surface area contributed by atoms with Crippen molar-refractivity contribution in [3.05, 3.63) is 48.7 Å². The Hall–Kier alpha value is -5.45. The molecule has 5 heterocycles. The Balaban J connectivity index is 1.06. The Bertz CT molecular complexity index is 1980. The number of benzene rings is 1. The largest absolute Gasteiger partial charge is 0.453 e. The Kier molecular flexibility index (Phi) is 11.3. The summed E-state index contributed by atoms with van der Waals surface area (Å²) in [5, 5.41) is 8.00. The van der Waals surface area contributed by atoms with E-state index in [1.54, 1.807) is 38.1 Å². The fourth-order valence-electron chi connectivity index (χ4n) is 6.76. The van der Waals surface area contributed by atoms with Crippen molar-refractivity contribution in [3.8, 4) is 21.7 Å². The molecule has 2 aliphatic heterocycles. The molecule has 0 saturated carbocycles. The van der Waals surface area contributed by atoms with Crippen molar-refractivity contribution < 1.29 is 33.4 Å². The number of amides is 5. The first-order valence-electron chi connectivity index (χ1n) is 18.1. The number of H-pyrrole nitrogens is 1. The minimum absolute atomic E-state index is 0.117. The number of aromatic nitrogens is 4. The van der Waals surface area contributed by atoms with E-state index in [9.17, 15) is 24.0 Å². The first-order chi connectivity index (χ1) is 25.7. The number of hydrogen-bond donors (Lipinski definition) is 4. The van der Waals surface area contributed by atoms with Gasteiger partial charge in [-0.2, -0.15) is 0 Å². The standard InChI is InChI=1S/C37H47N9O7S/c1-21(2)30(43-36(51)52-6)33(49)46-16-7-9-25(46)31-38-17-24(40-31)22-11-13-23(14-12-22)27-19-44-20-28(42-34(44)54-27)41-32(48)26-10-8-15-45(26)29(47)18-39-35(50)53-37(3,4)5/h11-14,17,19-21,25-26,30H,7-10,15-16,18H2,1-6H3,(H,38,40)(H,39,50)(H,41,48)(H,43,51)/t25-,26?,30-/m0/s1. The fraction of sp³-hybridized carbons (Fsp3) is 0.486. The zero-order valence-electron chi connectivity index (χ0n) is 31.3. The molecule has 0 spiro atoms. The summed E-state index contributed by atoms with van der Waals surface area (Å²) in [6, 6.07) is 6.46. The summed E-state index contributed by atoms with van der Waals surface area (Å²) in [5.74, 6) is 0.127. The van der Waals surface area contributed by atoms with Crippen molar-refractivity contribution in [2.24, 2.45) is 5.92 Å². The van der Waals surface area contributed by atoms with E-state index in [0.717, 1.165) is 34.5 Å². The lowest BCUT2D eigenvalue weighted by atomic mass is 10.0. The van der Waals surface area contributed by atoms with Gasteiger partial charge in [-0.05, 0) is 63.5 Å². The van der Waals surface area contributed by atoms with Crippen molar-refractivity contribution in [3.63, 3.8) is 0 Å². The lowest BCUT2D eigenvalue weighted by Gasteiger charge is -2.30. The van der Waals surface area contributed by atoms with Crippen molar-refractivity contribution in [2.45, 2.75) is 84.0 Å². The van der Waals surface area contributed by atoms with Gasteiger partial charge in [-0.25, -0.2) is 19.6 Å². The maximum atomic E-state index is 13.5. The molecule has 1 aromatic carbocycles. The summed E-state index contributed by atoms with van der Waals surface area (Å²) in [7, 11) is 1.28. The Morgan fingerprint density at radius 1 is 0.981 bits per heavy atom. The molecule has 288 valence electrons. The van der Waals surface area contributed by atoms with Gasteiger partial charge in [-0.15, -0.1) is 0 Å². The predicted octanol–water partition coefficient (Wildman–Crippen LogP) is 4.95. The van der Waals surface area contributed by atoms with Gasteiger partial charge in [0.25, 0.3) is 0 Å². The van der Waals surface area contributed by atoms with E-state index in [2.05, 4.69) is 30.9 Å². The average Bonchev–Trinajstić information content (AvgIpc) is 3.96. The monoisotopic (exact) mass is 761 g/mol. The fourth-order valence-corrected chi connectivity index (χ4v) is 7.73. The van der Waals surface area contributed by atoms with Crippen LogP contribution in [-0.2, 0) is 23.9 Å². The number of fused-ring (bicyclic) bond motifs is 1. The zero-order chi connectivity index (χ0) is 38.7. The van der Waals surface area contributed by atoms with Crippen LogP contribution in [0.1, 0.15) is 72.2 Å². The van der Waals surface area contributed by atoms with Gasteiger partial charge < -0.3 is 40.2 Å². The molecule has 0 radical (unpaired) electrons.